The Morgan fingerprint density at radius 3 is 2.59 bits per heavy atom. The molecule has 2 aromatic rings. The van der Waals surface area contributed by atoms with Gasteiger partial charge < -0.3 is 15.2 Å². The minimum Gasteiger partial charge on any atom is -0.481 e. The summed E-state index contributed by atoms with van der Waals surface area (Å²) in [7, 11) is 0. The lowest BCUT2D eigenvalue weighted by molar-refractivity contribution is -0.140. The molecular formula is C22H23NO4. The van der Waals surface area contributed by atoms with Gasteiger partial charge in [0, 0.05) is 6.54 Å². The molecule has 0 unspecified atom stereocenters. The number of amides is 1. The molecule has 140 valence electrons. The van der Waals surface area contributed by atoms with E-state index >= 15 is 0 Å². The van der Waals surface area contributed by atoms with E-state index in [1.54, 1.807) is 0 Å². The van der Waals surface area contributed by atoms with E-state index in [4.69, 9.17) is 4.74 Å². The van der Waals surface area contributed by atoms with Gasteiger partial charge in [-0.25, -0.2) is 4.79 Å². The highest BCUT2D eigenvalue weighted by molar-refractivity contribution is 5.85. The van der Waals surface area contributed by atoms with Crippen LogP contribution in [0.15, 0.2) is 60.7 Å². The number of ether oxygens (including phenoxy) is 1. The van der Waals surface area contributed by atoms with Crippen molar-refractivity contribution in [1.82, 2.24) is 5.32 Å². The lowest BCUT2D eigenvalue weighted by atomic mass is 9.94. The summed E-state index contributed by atoms with van der Waals surface area (Å²) in [6.45, 7) is 0.726. The molecule has 1 amide bonds. The quantitative estimate of drug-likeness (QED) is 0.690. The van der Waals surface area contributed by atoms with Gasteiger partial charge in [-0.2, -0.15) is 0 Å². The fourth-order valence-electron chi connectivity index (χ4n) is 2.94. The van der Waals surface area contributed by atoms with Crippen LogP contribution in [-0.4, -0.2) is 23.7 Å². The van der Waals surface area contributed by atoms with Crippen LogP contribution in [0.2, 0.25) is 0 Å². The summed E-state index contributed by atoms with van der Waals surface area (Å²) in [5, 5.41) is 12.1. The first-order valence-corrected chi connectivity index (χ1v) is 9.05. The van der Waals surface area contributed by atoms with E-state index in [9.17, 15) is 14.7 Å². The van der Waals surface area contributed by atoms with Crippen molar-refractivity contribution >= 4 is 18.1 Å². The minimum atomic E-state index is -0.748. The van der Waals surface area contributed by atoms with E-state index in [0.717, 1.165) is 16.7 Å². The van der Waals surface area contributed by atoms with Crippen molar-refractivity contribution < 1.29 is 19.4 Å². The van der Waals surface area contributed by atoms with Gasteiger partial charge in [-0.15, -0.1) is 0 Å². The van der Waals surface area contributed by atoms with Crippen LogP contribution in [0, 0.1) is 0 Å². The lowest BCUT2D eigenvalue weighted by Gasteiger charge is -2.10. The molecule has 0 saturated heterocycles. The molecule has 0 spiro atoms. The highest BCUT2D eigenvalue weighted by atomic mass is 16.5. The number of carbonyl (C=O) groups excluding carboxylic acids is 1. The minimum absolute atomic E-state index is 0.251. The van der Waals surface area contributed by atoms with Crippen LogP contribution in [0.4, 0.5) is 4.79 Å². The zero-order valence-corrected chi connectivity index (χ0v) is 15.1. The third-order valence-electron chi connectivity index (χ3n) is 4.70. The number of aliphatic carboxylic acids is 1. The number of hydrogen-bond acceptors (Lipinski definition) is 3. The highest BCUT2D eigenvalue weighted by Crippen LogP contribution is 2.48. The Morgan fingerprint density at radius 2 is 1.89 bits per heavy atom. The summed E-state index contributed by atoms with van der Waals surface area (Å²) in [4.78, 5) is 23.1. The summed E-state index contributed by atoms with van der Waals surface area (Å²) in [6.07, 6.45) is 5.52. The molecule has 0 atom stereocenters. The first-order chi connectivity index (χ1) is 13.1. The zero-order chi connectivity index (χ0) is 19.1. The number of rotatable bonds is 8. The number of carboxylic acids is 1. The molecule has 2 aromatic carbocycles. The second-order valence-corrected chi connectivity index (χ2v) is 6.69. The summed E-state index contributed by atoms with van der Waals surface area (Å²) in [5.74, 6) is -0.748. The Bertz CT molecular complexity index is 825. The average Bonchev–Trinajstić information content (AvgIpc) is 3.49. The van der Waals surface area contributed by atoms with E-state index in [-0.39, 0.29) is 6.61 Å². The molecule has 1 aliphatic carbocycles. The van der Waals surface area contributed by atoms with Crippen molar-refractivity contribution in [3.8, 4) is 0 Å². The summed E-state index contributed by atoms with van der Waals surface area (Å²) in [5.41, 5.74) is 2.09. The predicted octanol–water partition coefficient (Wildman–Crippen LogP) is 4.13. The third kappa shape index (κ3) is 4.97. The number of carbonyl (C=O) groups is 2. The number of hydrogen-bond donors (Lipinski definition) is 2. The van der Waals surface area contributed by atoms with Gasteiger partial charge in [0.15, 0.2) is 0 Å². The highest BCUT2D eigenvalue weighted by Gasteiger charge is 2.51. The van der Waals surface area contributed by atoms with Crippen LogP contribution in [0.25, 0.3) is 6.08 Å². The Balaban J connectivity index is 1.41. The maximum Gasteiger partial charge on any atom is 0.407 e. The Labute approximate surface area is 158 Å². The van der Waals surface area contributed by atoms with Crippen LogP contribution in [0.5, 0.6) is 0 Å². The van der Waals surface area contributed by atoms with Crippen LogP contribution in [0.3, 0.4) is 0 Å². The molecule has 1 saturated carbocycles. The van der Waals surface area contributed by atoms with E-state index < -0.39 is 17.5 Å². The monoisotopic (exact) mass is 365 g/mol. The second-order valence-electron chi connectivity index (χ2n) is 6.69. The van der Waals surface area contributed by atoms with Crippen molar-refractivity contribution in [1.29, 1.82) is 0 Å². The molecule has 0 radical (unpaired) electrons. The van der Waals surface area contributed by atoms with Gasteiger partial charge in [-0.1, -0.05) is 66.7 Å². The van der Waals surface area contributed by atoms with Gasteiger partial charge in [0.1, 0.15) is 6.61 Å². The zero-order valence-electron chi connectivity index (χ0n) is 15.1. The van der Waals surface area contributed by atoms with Gasteiger partial charge in [0.2, 0.25) is 0 Å². The molecule has 0 aliphatic heterocycles. The van der Waals surface area contributed by atoms with Gasteiger partial charge in [-0.05, 0) is 36.0 Å². The SMILES string of the molecule is O=C(NCCC=Cc1cccc(C2(C(=O)O)CC2)c1)OCc1ccccc1. The fraction of sp³-hybridized carbons (Fsp3) is 0.273. The fourth-order valence-corrected chi connectivity index (χ4v) is 2.94. The molecule has 1 fully saturated rings. The van der Waals surface area contributed by atoms with Crippen LogP contribution < -0.4 is 5.32 Å². The second kappa shape index (κ2) is 8.54. The molecule has 0 bridgehead atoms. The number of nitrogens with one attached hydrogen (secondary N) is 1. The van der Waals surface area contributed by atoms with Crippen molar-refractivity contribution in [2.75, 3.05) is 6.54 Å². The van der Waals surface area contributed by atoms with Gasteiger partial charge in [0.05, 0.1) is 5.41 Å². The smallest absolute Gasteiger partial charge is 0.407 e. The average molecular weight is 365 g/mol. The van der Waals surface area contributed by atoms with E-state index in [0.29, 0.717) is 25.8 Å². The van der Waals surface area contributed by atoms with Crippen LogP contribution >= 0.6 is 0 Å². The summed E-state index contributed by atoms with van der Waals surface area (Å²) >= 11 is 0. The third-order valence-corrected chi connectivity index (χ3v) is 4.70. The predicted molar refractivity (Wildman–Crippen MR) is 103 cm³/mol. The van der Waals surface area contributed by atoms with Gasteiger partial charge in [-0.3, -0.25) is 4.79 Å². The number of benzene rings is 2. The van der Waals surface area contributed by atoms with Crippen LogP contribution in [0.1, 0.15) is 36.0 Å². The van der Waals surface area contributed by atoms with E-state index in [2.05, 4.69) is 5.32 Å². The summed E-state index contributed by atoms with van der Waals surface area (Å²) < 4.78 is 5.15. The molecule has 1 aliphatic rings. The molecule has 27 heavy (non-hydrogen) atoms. The molecule has 5 nitrogen and oxygen atoms in total. The van der Waals surface area contributed by atoms with Crippen molar-refractivity contribution in [2.45, 2.75) is 31.3 Å². The van der Waals surface area contributed by atoms with Gasteiger partial charge >= 0.3 is 12.1 Å². The van der Waals surface area contributed by atoms with Crippen molar-refractivity contribution in [3.63, 3.8) is 0 Å². The van der Waals surface area contributed by atoms with E-state index in [1.165, 1.54) is 0 Å². The summed E-state index contributed by atoms with van der Waals surface area (Å²) in [6, 6.07) is 17.2. The topological polar surface area (TPSA) is 75.6 Å². The standard InChI is InChI=1S/C22H23NO4/c24-20(25)22(12-13-22)19-11-6-10-17(15-19)7-4-5-14-23-21(26)27-16-18-8-2-1-3-9-18/h1-4,6-11,15H,5,12-14,16H2,(H,23,26)(H,24,25). The molecular weight excluding hydrogens is 342 g/mol. The first-order valence-electron chi connectivity index (χ1n) is 9.05. The lowest BCUT2D eigenvalue weighted by Crippen LogP contribution is -2.24. The van der Waals surface area contributed by atoms with Crippen LogP contribution in [-0.2, 0) is 21.6 Å². The van der Waals surface area contributed by atoms with E-state index in [1.807, 2.05) is 66.7 Å². The molecule has 3 rings (SSSR count). The molecule has 0 aromatic heterocycles. The normalized spacial score (nSPS) is 14.7. The van der Waals surface area contributed by atoms with Crippen molar-refractivity contribution in [2.24, 2.45) is 0 Å². The largest absolute Gasteiger partial charge is 0.481 e. The molecule has 5 heteroatoms. The molecule has 0 heterocycles. The first kappa shape index (κ1) is 18.7. The number of carboxylic acid groups (broad SMARTS) is 1. The Kier molecular flexibility index (Phi) is 5.91. The number of alkyl carbamates (subject to hydrolysis) is 1. The van der Waals surface area contributed by atoms with Gasteiger partial charge in [0.25, 0.3) is 0 Å². The Morgan fingerprint density at radius 1 is 1.11 bits per heavy atom. The molecule has 2 N–H and O–H groups in total. The Hall–Kier alpha value is -3.08. The maximum absolute atomic E-state index is 11.7. The maximum atomic E-state index is 11.7. The van der Waals surface area contributed by atoms with Crippen molar-refractivity contribution in [3.05, 3.63) is 77.4 Å².